The Morgan fingerprint density at radius 1 is 1.05 bits per heavy atom. The minimum absolute atomic E-state index is 0.0513. The van der Waals surface area contributed by atoms with Gasteiger partial charge < -0.3 is 4.18 Å². The van der Waals surface area contributed by atoms with Gasteiger partial charge in [-0.1, -0.05) is 39.0 Å². The third-order valence-corrected chi connectivity index (χ3v) is 4.44. The van der Waals surface area contributed by atoms with Crippen LogP contribution in [0.4, 0.5) is 0 Å². The van der Waals surface area contributed by atoms with Crippen molar-refractivity contribution in [2.45, 2.75) is 31.1 Å². The summed E-state index contributed by atoms with van der Waals surface area (Å²) in [7, 11) is -3.91. The zero-order valence-electron chi connectivity index (χ0n) is 12.7. The van der Waals surface area contributed by atoms with E-state index in [0.717, 1.165) is 5.56 Å². The van der Waals surface area contributed by atoms with Crippen LogP contribution in [0.1, 0.15) is 31.9 Å². The van der Waals surface area contributed by atoms with E-state index < -0.39 is 10.1 Å². The van der Waals surface area contributed by atoms with Crippen LogP contribution in [0.5, 0.6) is 5.75 Å². The highest BCUT2D eigenvalue weighted by Crippen LogP contribution is 2.25. The molecule has 2 rings (SSSR count). The van der Waals surface area contributed by atoms with Gasteiger partial charge in [0.2, 0.25) is 0 Å². The van der Waals surface area contributed by atoms with Crippen molar-refractivity contribution >= 4 is 10.1 Å². The van der Waals surface area contributed by atoms with Crippen molar-refractivity contribution < 1.29 is 12.6 Å². The summed E-state index contributed by atoms with van der Waals surface area (Å²) in [6.07, 6.45) is 0. The van der Waals surface area contributed by atoms with Crippen LogP contribution in [-0.4, -0.2) is 8.42 Å². The van der Waals surface area contributed by atoms with Gasteiger partial charge in [-0.3, -0.25) is 0 Å². The lowest BCUT2D eigenvalue weighted by Gasteiger charge is -2.19. The minimum atomic E-state index is -3.91. The Kier molecular flexibility index (Phi) is 4.25. The predicted molar refractivity (Wildman–Crippen MR) is 84.1 cm³/mol. The monoisotopic (exact) mass is 315 g/mol. The number of benzene rings is 2. The quantitative estimate of drug-likeness (QED) is 0.811. The molecule has 0 spiro atoms. The summed E-state index contributed by atoms with van der Waals surface area (Å²) in [6, 6.07) is 14.6. The highest BCUT2D eigenvalue weighted by atomic mass is 32.2. The first-order valence-electron chi connectivity index (χ1n) is 6.77. The van der Waals surface area contributed by atoms with E-state index in [9.17, 15) is 8.42 Å². The van der Waals surface area contributed by atoms with Gasteiger partial charge in [0.05, 0.1) is 11.6 Å². The number of nitriles is 1. The summed E-state index contributed by atoms with van der Waals surface area (Å²) >= 11 is 0. The molecule has 0 heterocycles. The van der Waals surface area contributed by atoms with E-state index in [1.54, 1.807) is 24.3 Å². The fourth-order valence-electron chi connectivity index (χ4n) is 1.91. The summed E-state index contributed by atoms with van der Waals surface area (Å²) in [6.45, 7) is 6.17. The second-order valence-electron chi connectivity index (χ2n) is 5.95. The van der Waals surface area contributed by atoms with Crippen molar-refractivity contribution in [1.29, 1.82) is 5.26 Å². The van der Waals surface area contributed by atoms with E-state index in [-0.39, 0.29) is 16.1 Å². The molecule has 0 atom stereocenters. The molecule has 0 aromatic heterocycles. The Labute approximate surface area is 131 Å². The molecular weight excluding hydrogens is 298 g/mol. The number of nitrogens with zero attached hydrogens (tertiary/aromatic N) is 1. The first kappa shape index (κ1) is 16.1. The summed E-state index contributed by atoms with van der Waals surface area (Å²) in [5.74, 6) is 0.124. The highest BCUT2D eigenvalue weighted by molar-refractivity contribution is 7.87. The van der Waals surface area contributed by atoms with E-state index in [1.165, 1.54) is 24.3 Å². The number of hydrogen-bond acceptors (Lipinski definition) is 4. The van der Waals surface area contributed by atoms with Crippen molar-refractivity contribution in [3.63, 3.8) is 0 Å². The van der Waals surface area contributed by atoms with Gasteiger partial charge in [-0.2, -0.15) is 13.7 Å². The van der Waals surface area contributed by atoms with Crippen LogP contribution in [0.2, 0.25) is 0 Å². The lowest BCUT2D eigenvalue weighted by molar-refractivity contribution is 0.485. The standard InChI is InChI=1S/C17H17NO3S/c1-17(2,3)14-7-9-16(10-8-14)22(19,20)21-15-6-4-5-13(11-15)12-18/h4-11H,1-3H3. The maximum absolute atomic E-state index is 12.3. The molecule has 0 N–H and O–H groups in total. The maximum atomic E-state index is 12.3. The van der Waals surface area contributed by atoms with Crippen molar-refractivity contribution in [1.82, 2.24) is 0 Å². The Morgan fingerprint density at radius 2 is 1.68 bits per heavy atom. The Balaban J connectivity index is 2.29. The van der Waals surface area contributed by atoms with Gasteiger partial charge in [0.15, 0.2) is 0 Å². The van der Waals surface area contributed by atoms with Crippen LogP contribution in [-0.2, 0) is 15.5 Å². The average Bonchev–Trinajstić information content (AvgIpc) is 2.46. The molecule has 4 nitrogen and oxygen atoms in total. The van der Waals surface area contributed by atoms with E-state index in [2.05, 4.69) is 20.8 Å². The molecule has 2 aromatic carbocycles. The van der Waals surface area contributed by atoms with Crippen LogP contribution in [0.15, 0.2) is 53.4 Å². The second-order valence-corrected chi connectivity index (χ2v) is 7.50. The summed E-state index contributed by atoms with van der Waals surface area (Å²) < 4.78 is 29.6. The molecule has 114 valence electrons. The molecular formula is C17H17NO3S. The first-order valence-corrected chi connectivity index (χ1v) is 8.18. The molecule has 22 heavy (non-hydrogen) atoms. The van der Waals surface area contributed by atoms with E-state index >= 15 is 0 Å². The smallest absolute Gasteiger partial charge is 0.339 e. The molecule has 0 saturated carbocycles. The van der Waals surface area contributed by atoms with Gasteiger partial charge in [0.25, 0.3) is 0 Å². The predicted octanol–water partition coefficient (Wildman–Crippen LogP) is 3.62. The Morgan fingerprint density at radius 3 is 2.23 bits per heavy atom. The van der Waals surface area contributed by atoms with E-state index in [1.807, 2.05) is 6.07 Å². The first-order chi connectivity index (χ1) is 10.2. The molecule has 2 aromatic rings. The van der Waals surface area contributed by atoms with Gasteiger partial charge in [0, 0.05) is 0 Å². The largest absolute Gasteiger partial charge is 0.379 e. The fraction of sp³-hybridized carbons (Fsp3) is 0.235. The zero-order chi connectivity index (χ0) is 16.4. The number of rotatable bonds is 3. The normalized spacial score (nSPS) is 11.7. The van der Waals surface area contributed by atoms with Gasteiger partial charge in [0.1, 0.15) is 10.6 Å². The summed E-state index contributed by atoms with van der Waals surface area (Å²) in [5, 5.41) is 8.83. The van der Waals surface area contributed by atoms with Crippen LogP contribution in [0, 0.1) is 11.3 Å². The highest BCUT2D eigenvalue weighted by Gasteiger charge is 2.19. The molecule has 0 aliphatic carbocycles. The van der Waals surface area contributed by atoms with Crippen LogP contribution < -0.4 is 4.18 Å². The topological polar surface area (TPSA) is 67.2 Å². The Bertz CT molecular complexity index is 810. The van der Waals surface area contributed by atoms with Gasteiger partial charge in [-0.15, -0.1) is 0 Å². The lowest BCUT2D eigenvalue weighted by Crippen LogP contribution is -2.13. The van der Waals surface area contributed by atoms with Crippen molar-refractivity contribution in [2.24, 2.45) is 0 Å². The van der Waals surface area contributed by atoms with Gasteiger partial charge >= 0.3 is 10.1 Å². The lowest BCUT2D eigenvalue weighted by atomic mass is 9.87. The minimum Gasteiger partial charge on any atom is -0.379 e. The molecule has 0 amide bonds. The average molecular weight is 315 g/mol. The van der Waals surface area contributed by atoms with Crippen molar-refractivity contribution in [3.05, 3.63) is 59.7 Å². The van der Waals surface area contributed by atoms with Crippen molar-refractivity contribution in [3.8, 4) is 11.8 Å². The van der Waals surface area contributed by atoms with Crippen LogP contribution in [0.25, 0.3) is 0 Å². The Hall–Kier alpha value is -2.32. The van der Waals surface area contributed by atoms with Gasteiger partial charge in [-0.05, 0) is 41.3 Å². The molecule has 5 heteroatoms. The van der Waals surface area contributed by atoms with Crippen molar-refractivity contribution in [2.75, 3.05) is 0 Å². The third-order valence-electron chi connectivity index (χ3n) is 3.18. The van der Waals surface area contributed by atoms with Crippen LogP contribution in [0.3, 0.4) is 0 Å². The fourth-order valence-corrected chi connectivity index (χ4v) is 2.84. The van der Waals surface area contributed by atoms with Gasteiger partial charge in [-0.25, -0.2) is 0 Å². The molecule has 0 aliphatic rings. The molecule has 0 fully saturated rings. The SMILES string of the molecule is CC(C)(C)c1ccc(S(=O)(=O)Oc2cccc(C#N)c2)cc1. The maximum Gasteiger partial charge on any atom is 0.339 e. The summed E-state index contributed by atoms with van der Waals surface area (Å²) in [5.41, 5.74) is 1.33. The molecule has 0 bridgehead atoms. The number of hydrogen-bond donors (Lipinski definition) is 0. The third kappa shape index (κ3) is 3.66. The van der Waals surface area contributed by atoms with E-state index in [4.69, 9.17) is 9.44 Å². The second kappa shape index (κ2) is 5.82. The zero-order valence-corrected chi connectivity index (χ0v) is 13.5. The van der Waals surface area contributed by atoms with Crippen LogP contribution >= 0.6 is 0 Å². The molecule has 0 radical (unpaired) electrons. The van der Waals surface area contributed by atoms with E-state index in [0.29, 0.717) is 5.56 Å². The molecule has 0 aliphatic heterocycles. The summed E-state index contributed by atoms with van der Waals surface area (Å²) in [4.78, 5) is 0.0860. The molecule has 0 unspecified atom stereocenters. The molecule has 0 saturated heterocycles.